The van der Waals surface area contributed by atoms with E-state index in [4.69, 9.17) is 4.74 Å². The van der Waals surface area contributed by atoms with Crippen molar-refractivity contribution in [3.05, 3.63) is 82.9 Å². The average molecular weight is 388 g/mol. The Morgan fingerprint density at radius 1 is 1.24 bits per heavy atom. The predicted octanol–water partition coefficient (Wildman–Crippen LogP) is 3.69. The number of hydrogen-bond acceptors (Lipinski definition) is 5. The molecule has 0 radical (unpaired) electrons. The maximum atomic E-state index is 12.3. The number of hydrogen-bond donors (Lipinski definition) is 0. The lowest BCUT2D eigenvalue weighted by molar-refractivity contribution is 0.285. The molecule has 3 aromatic rings. The van der Waals surface area contributed by atoms with Crippen LogP contribution in [0.3, 0.4) is 0 Å². The zero-order valence-corrected chi connectivity index (χ0v) is 16.7. The predicted molar refractivity (Wildman–Crippen MR) is 112 cm³/mol. The monoisotopic (exact) mass is 388 g/mol. The van der Waals surface area contributed by atoms with Gasteiger partial charge in [0.2, 0.25) is 5.88 Å². The molecule has 0 aromatic carbocycles. The molecule has 1 aliphatic carbocycles. The van der Waals surface area contributed by atoms with Crippen LogP contribution in [-0.4, -0.2) is 26.1 Å². The molecule has 6 nitrogen and oxygen atoms in total. The van der Waals surface area contributed by atoms with Crippen LogP contribution in [0.2, 0.25) is 0 Å². The molecule has 6 heteroatoms. The highest BCUT2D eigenvalue weighted by Gasteiger charge is 2.40. The molecular formula is C23H24N4O2. The fourth-order valence-electron chi connectivity index (χ4n) is 3.40. The maximum Gasteiger partial charge on any atom is 0.251 e. The summed E-state index contributed by atoms with van der Waals surface area (Å²) in [7, 11) is 0. The molecule has 0 saturated heterocycles. The van der Waals surface area contributed by atoms with Crippen LogP contribution in [-0.2, 0) is 6.54 Å². The normalized spacial score (nSPS) is 17.7. The average Bonchev–Trinajstić information content (AvgIpc) is 3.48. The number of nitrogens with zero attached hydrogens (tertiary/aromatic N) is 4. The molecule has 1 saturated carbocycles. The van der Waals surface area contributed by atoms with Gasteiger partial charge in [0, 0.05) is 48.7 Å². The standard InChI is InChI=1S/C23H24N4O2/c1-4-8-27-9-7-17(11-22(27)28)20-13-24-16(3)26-23(20)29-14-18-10-19(18)21-6-5-15(2)12-25-21/h4-7,9,11-13,18-19H,1,8,10,14H2,2-3H3/t18-,19+/m1/s1. The molecule has 3 aromatic heterocycles. The van der Waals surface area contributed by atoms with E-state index in [1.807, 2.05) is 26.1 Å². The first-order valence-corrected chi connectivity index (χ1v) is 9.76. The van der Waals surface area contributed by atoms with Crippen molar-refractivity contribution in [3.63, 3.8) is 0 Å². The van der Waals surface area contributed by atoms with Gasteiger partial charge in [-0.2, -0.15) is 4.98 Å². The highest BCUT2D eigenvalue weighted by molar-refractivity contribution is 5.67. The number of aryl methyl sites for hydroxylation is 2. The molecule has 0 N–H and O–H groups in total. The van der Waals surface area contributed by atoms with Crippen LogP contribution in [0.1, 0.15) is 29.4 Å². The zero-order chi connectivity index (χ0) is 20.4. The van der Waals surface area contributed by atoms with Gasteiger partial charge in [0.15, 0.2) is 0 Å². The molecule has 0 aliphatic heterocycles. The Morgan fingerprint density at radius 2 is 2.10 bits per heavy atom. The van der Waals surface area contributed by atoms with Gasteiger partial charge >= 0.3 is 0 Å². The van der Waals surface area contributed by atoms with E-state index in [9.17, 15) is 4.79 Å². The second-order valence-electron chi connectivity index (χ2n) is 7.50. The van der Waals surface area contributed by atoms with Crippen LogP contribution in [0.25, 0.3) is 11.1 Å². The molecule has 1 fully saturated rings. The van der Waals surface area contributed by atoms with E-state index in [-0.39, 0.29) is 5.56 Å². The van der Waals surface area contributed by atoms with Crippen molar-refractivity contribution in [2.75, 3.05) is 6.61 Å². The molecule has 1 aliphatic rings. The molecule has 4 rings (SSSR count). The van der Waals surface area contributed by atoms with Gasteiger partial charge in [0.25, 0.3) is 5.56 Å². The van der Waals surface area contributed by atoms with Crippen molar-refractivity contribution in [2.24, 2.45) is 5.92 Å². The van der Waals surface area contributed by atoms with Gasteiger partial charge in [-0.05, 0) is 43.5 Å². The van der Waals surface area contributed by atoms with Gasteiger partial charge in [-0.25, -0.2) is 4.98 Å². The smallest absolute Gasteiger partial charge is 0.251 e. The summed E-state index contributed by atoms with van der Waals surface area (Å²) in [6.07, 6.45) is 8.14. The molecule has 0 spiro atoms. The minimum atomic E-state index is -0.0957. The van der Waals surface area contributed by atoms with Gasteiger partial charge in [-0.3, -0.25) is 9.78 Å². The molecule has 0 unspecified atom stereocenters. The van der Waals surface area contributed by atoms with E-state index in [0.717, 1.165) is 23.2 Å². The second kappa shape index (κ2) is 7.99. The van der Waals surface area contributed by atoms with E-state index >= 15 is 0 Å². The van der Waals surface area contributed by atoms with Gasteiger partial charge < -0.3 is 9.30 Å². The third kappa shape index (κ3) is 4.26. The molecule has 3 heterocycles. The van der Waals surface area contributed by atoms with Gasteiger partial charge in [-0.15, -0.1) is 6.58 Å². The molecule has 148 valence electrons. The Labute approximate surface area is 169 Å². The van der Waals surface area contributed by atoms with E-state index in [1.165, 1.54) is 5.56 Å². The van der Waals surface area contributed by atoms with Crippen LogP contribution >= 0.6 is 0 Å². The summed E-state index contributed by atoms with van der Waals surface area (Å²) in [5, 5.41) is 0. The highest BCUT2D eigenvalue weighted by atomic mass is 16.5. The van der Waals surface area contributed by atoms with Crippen molar-refractivity contribution in [1.82, 2.24) is 19.5 Å². The summed E-state index contributed by atoms with van der Waals surface area (Å²) in [6, 6.07) is 7.65. The third-order valence-corrected chi connectivity index (χ3v) is 5.18. The maximum absolute atomic E-state index is 12.3. The Kier molecular flexibility index (Phi) is 5.25. The van der Waals surface area contributed by atoms with Crippen LogP contribution in [0, 0.1) is 19.8 Å². The number of allylic oxidation sites excluding steroid dienone is 1. The van der Waals surface area contributed by atoms with Crippen LogP contribution in [0.15, 0.2) is 60.3 Å². The zero-order valence-electron chi connectivity index (χ0n) is 16.7. The van der Waals surface area contributed by atoms with Crippen LogP contribution in [0.4, 0.5) is 0 Å². The summed E-state index contributed by atoms with van der Waals surface area (Å²) in [6.45, 7) is 8.59. The van der Waals surface area contributed by atoms with E-state index < -0.39 is 0 Å². The lowest BCUT2D eigenvalue weighted by atomic mass is 10.1. The third-order valence-electron chi connectivity index (χ3n) is 5.18. The Hall–Kier alpha value is -3.28. The fourth-order valence-corrected chi connectivity index (χ4v) is 3.40. The lowest BCUT2D eigenvalue weighted by Gasteiger charge is -2.11. The molecule has 29 heavy (non-hydrogen) atoms. The SMILES string of the molecule is C=CCn1ccc(-c2cnc(C)nc2OC[C@H]2C[C@@H]2c2ccc(C)cn2)cc1=O. The summed E-state index contributed by atoms with van der Waals surface area (Å²) in [5.41, 5.74) is 3.66. The largest absolute Gasteiger partial charge is 0.477 e. The summed E-state index contributed by atoms with van der Waals surface area (Å²) in [5.74, 6) is 2.01. The van der Waals surface area contributed by atoms with Gasteiger partial charge in [0.05, 0.1) is 12.2 Å². The molecule has 0 amide bonds. The van der Waals surface area contributed by atoms with Crippen molar-refractivity contribution in [2.45, 2.75) is 32.7 Å². The molecular weight excluding hydrogens is 364 g/mol. The molecule has 2 atom stereocenters. The quantitative estimate of drug-likeness (QED) is 0.578. The van der Waals surface area contributed by atoms with E-state index in [0.29, 0.717) is 36.7 Å². The minimum Gasteiger partial charge on any atom is -0.477 e. The Balaban J connectivity index is 1.51. The molecule has 0 bridgehead atoms. The number of pyridine rings is 2. The van der Waals surface area contributed by atoms with Crippen molar-refractivity contribution in [3.8, 4) is 17.0 Å². The lowest BCUT2D eigenvalue weighted by Crippen LogP contribution is -2.17. The first-order chi connectivity index (χ1) is 14.0. The van der Waals surface area contributed by atoms with Crippen LogP contribution in [0.5, 0.6) is 5.88 Å². The van der Waals surface area contributed by atoms with Crippen molar-refractivity contribution in [1.29, 1.82) is 0 Å². The first kappa shape index (κ1) is 19.1. The topological polar surface area (TPSA) is 69.9 Å². The number of aromatic nitrogens is 4. The van der Waals surface area contributed by atoms with Crippen LogP contribution < -0.4 is 10.3 Å². The van der Waals surface area contributed by atoms with E-state index in [2.05, 4.69) is 33.7 Å². The van der Waals surface area contributed by atoms with Gasteiger partial charge in [-0.1, -0.05) is 12.1 Å². The number of rotatable bonds is 7. The van der Waals surface area contributed by atoms with Crippen molar-refractivity contribution >= 4 is 0 Å². The summed E-state index contributed by atoms with van der Waals surface area (Å²) < 4.78 is 7.68. The minimum absolute atomic E-state index is 0.0957. The summed E-state index contributed by atoms with van der Waals surface area (Å²) >= 11 is 0. The highest BCUT2D eigenvalue weighted by Crippen LogP contribution is 2.47. The Bertz CT molecular complexity index is 1090. The Morgan fingerprint density at radius 3 is 2.83 bits per heavy atom. The first-order valence-electron chi connectivity index (χ1n) is 9.76. The summed E-state index contributed by atoms with van der Waals surface area (Å²) in [4.78, 5) is 25.6. The number of ether oxygens (including phenoxy) is 1. The van der Waals surface area contributed by atoms with E-state index in [1.54, 1.807) is 29.1 Å². The fraction of sp³-hybridized carbons (Fsp3) is 0.304. The van der Waals surface area contributed by atoms with Gasteiger partial charge in [0.1, 0.15) is 5.82 Å². The van der Waals surface area contributed by atoms with Crippen molar-refractivity contribution < 1.29 is 4.74 Å². The second-order valence-corrected chi connectivity index (χ2v) is 7.50.